The van der Waals surface area contributed by atoms with Gasteiger partial charge in [-0.2, -0.15) is 0 Å². The van der Waals surface area contributed by atoms with E-state index in [0.29, 0.717) is 24.6 Å². The molecular weight excluding hydrogens is 216 g/mol. The first kappa shape index (κ1) is 13.5. The maximum absolute atomic E-state index is 11.6. The lowest BCUT2D eigenvalue weighted by Crippen LogP contribution is -2.13. The molecule has 4 nitrogen and oxygen atoms in total. The van der Waals surface area contributed by atoms with Crippen LogP contribution in [0.15, 0.2) is 24.3 Å². The molecule has 0 aliphatic heterocycles. The lowest BCUT2D eigenvalue weighted by atomic mass is 10.0. The van der Waals surface area contributed by atoms with Crippen molar-refractivity contribution in [2.45, 2.75) is 26.2 Å². The Labute approximate surface area is 102 Å². The maximum Gasteiger partial charge on any atom is 0.224 e. The predicted molar refractivity (Wildman–Crippen MR) is 68.8 cm³/mol. The smallest absolute Gasteiger partial charge is 0.224 e. The average Bonchev–Trinajstić information content (AvgIpc) is 2.27. The number of nitrogens with one attached hydrogen (secondary N) is 1. The second-order valence-corrected chi connectivity index (χ2v) is 4.32. The topological polar surface area (TPSA) is 75.4 Å². The van der Waals surface area contributed by atoms with Crippen LogP contribution in [0.3, 0.4) is 0 Å². The summed E-state index contributed by atoms with van der Waals surface area (Å²) in [6, 6.07) is 6.54. The molecule has 4 heteroatoms. The quantitative estimate of drug-likeness (QED) is 0.708. The second kappa shape index (κ2) is 6.91. The van der Waals surface area contributed by atoms with Gasteiger partial charge in [-0.3, -0.25) is 4.79 Å². The van der Waals surface area contributed by atoms with E-state index in [2.05, 4.69) is 12.2 Å². The van der Waals surface area contributed by atoms with Crippen molar-refractivity contribution in [1.29, 1.82) is 0 Å². The van der Waals surface area contributed by atoms with Crippen LogP contribution >= 0.6 is 0 Å². The molecule has 1 aromatic carbocycles. The minimum Gasteiger partial charge on any atom is -0.508 e. The summed E-state index contributed by atoms with van der Waals surface area (Å²) in [5, 5.41) is 12.0. The van der Waals surface area contributed by atoms with Gasteiger partial charge in [-0.1, -0.05) is 13.0 Å². The third kappa shape index (κ3) is 5.36. The van der Waals surface area contributed by atoms with Crippen molar-refractivity contribution >= 4 is 11.6 Å². The summed E-state index contributed by atoms with van der Waals surface area (Å²) in [7, 11) is 0. The van der Waals surface area contributed by atoms with E-state index >= 15 is 0 Å². The SMILES string of the molecule is CC(CCN)CCC(=O)Nc1cccc(O)c1. The normalized spacial score (nSPS) is 12.1. The molecule has 1 atom stereocenters. The van der Waals surface area contributed by atoms with Gasteiger partial charge < -0.3 is 16.2 Å². The van der Waals surface area contributed by atoms with Crippen molar-refractivity contribution in [2.24, 2.45) is 11.7 Å². The Balaban J connectivity index is 2.34. The van der Waals surface area contributed by atoms with Gasteiger partial charge in [-0.25, -0.2) is 0 Å². The molecule has 0 heterocycles. The molecular formula is C13H20N2O2. The fourth-order valence-corrected chi connectivity index (χ4v) is 1.61. The van der Waals surface area contributed by atoms with Crippen LogP contribution in [0.25, 0.3) is 0 Å². The number of aromatic hydroxyl groups is 1. The highest BCUT2D eigenvalue weighted by molar-refractivity contribution is 5.90. The molecule has 0 aliphatic carbocycles. The zero-order chi connectivity index (χ0) is 12.7. The highest BCUT2D eigenvalue weighted by Crippen LogP contribution is 2.16. The summed E-state index contributed by atoms with van der Waals surface area (Å²) in [5.74, 6) is 0.591. The molecule has 17 heavy (non-hydrogen) atoms. The minimum atomic E-state index is -0.0283. The number of phenols is 1. The molecule has 0 radical (unpaired) electrons. The van der Waals surface area contributed by atoms with Crippen molar-refractivity contribution in [2.75, 3.05) is 11.9 Å². The first-order chi connectivity index (χ1) is 8.11. The van der Waals surface area contributed by atoms with Crippen LogP contribution in [0.5, 0.6) is 5.75 Å². The third-order valence-electron chi connectivity index (χ3n) is 2.65. The van der Waals surface area contributed by atoms with Gasteiger partial charge in [0.2, 0.25) is 5.91 Å². The molecule has 1 rings (SSSR count). The molecule has 1 unspecified atom stereocenters. The molecule has 4 N–H and O–H groups in total. The van der Waals surface area contributed by atoms with Crippen LogP contribution in [-0.4, -0.2) is 17.6 Å². The molecule has 0 bridgehead atoms. The van der Waals surface area contributed by atoms with Crippen molar-refractivity contribution in [1.82, 2.24) is 0 Å². The predicted octanol–water partition coefficient (Wildman–Crippen LogP) is 2.10. The number of phenolic OH excluding ortho intramolecular Hbond substituents is 1. The van der Waals surface area contributed by atoms with Gasteiger partial charge in [0.25, 0.3) is 0 Å². The molecule has 0 aliphatic rings. The van der Waals surface area contributed by atoms with Crippen molar-refractivity contribution in [3.8, 4) is 5.75 Å². The number of anilines is 1. The molecule has 0 fully saturated rings. The van der Waals surface area contributed by atoms with E-state index in [0.717, 1.165) is 12.8 Å². The summed E-state index contributed by atoms with van der Waals surface area (Å²) in [4.78, 5) is 11.6. The van der Waals surface area contributed by atoms with Crippen molar-refractivity contribution in [3.63, 3.8) is 0 Å². The van der Waals surface area contributed by atoms with Gasteiger partial charge in [-0.05, 0) is 37.4 Å². The van der Waals surface area contributed by atoms with Crippen LogP contribution in [0.1, 0.15) is 26.2 Å². The van der Waals surface area contributed by atoms with Gasteiger partial charge in [0.15, 0.2) is 0 Å². The summed E-state index contributed by atoms with van der Waals surface area (Å²) >= 11 is 0. The Bertz CT molecular complexity index is 366. The van der Waals surface area contributed by atoms with Gasteiger partial charge in [0, 0.05) is 18.2 Å². The fraction of sp³-hybridized carbons (Fsp3) is 0.462. The first-order valence-corrected chi connectivity index (χ1v) is 5.90. The monoisotopic (exact) mass is 236 g/mol. The summed E-state index contributed by atoms with van der Waals surface area (Å²) in [5.41, 5.74) is 6.07. The van der Waals surface area contributed by atoms with Crippen molar-refractivity contribution < 1.29 is 9.90 Å². The Hall–Kier alpha value is -1.55. The van der Waals surface area contributed by atoms with E-state index in [-0.39, 0.29) is 11.7 Å². The number of amides is 1. The lowest BCUT2D eigenvalue weighted by Gasteiger charge is -2.10. The van der Waals surface area contributed by atoms with Crippen LogP contribution in [0.2, 0.25) is 0 Å². The molecule has 0 saturated heterocycles. The fourth-order valence-electron chi connectivity index (χ4n) is 1.61. The number of nitrogens with two attached hydrogens (primary N) is 1. The number of hydrogen-bond acceptors (Lipinski definition) is 3. The zero-order valence-corrected chi connectivity index (χ0v) is 10.1. The molecule has 1 amide bonds. The molecule has 0 saturated carbocycles. The second-order valence-electron chi connectivity index (χ2n) is 4.32. The van der Waals surface area contributed by atoms with E-state index in [1.54, 1.807) is 18.2 Å². The highest BCUT2D eigenvalue weighted by atomic mass is 16.3. The average molecular weight is 236 g/mol. The van der Waals surface area contributed by atoms with E-state index in [1.165, 1.54) is 6.07 Å². The summed E-state index contributed by atoms with van der Waals surface area (Å²) in [6.07, 6.45) is 2.26. The number of hydrogen-bond donors (Lipinski definition) is 3. The van der Waals surface area contributed by atoms with E-state index < -0.39 is 0 Å². The first-order valence-electron chi connectivity index (χ1n) is 5.90. The Morgan fingerprint density at radius 1 is 1.47 bits per heavy atom. The zero-order valence-electron chi connectivity index (χ0n) is 10.1. The van der Waals surface area contributed by atoms with Crippen LogP contribution in [0.4, 0.5) is 5.69 Å². The van der Waals surface area contributed by atoms with Crippen LogP contribution < -0.4 is 11.1 Å². The van der Waals surface area contributed by atoms with E-state index in [4.69, 9.17) is 5.73 Å². The molecule has 94 valence electrons. The summed E-state index contributed by atoms with van der Waals surface area (Å²) < 4.78 is 0. The highest BCUT2D eigenvalue weighted by Gasteiger charge is 2.06. The number of carbonyl (C=O) groups excluding carboxylic acids is 1. The maximum atomic E-state index is 11.6. The van der Waals surface area contributed by atoms with Crippen LogP contribution in [-0.2, 0) is 4.79 Å². The Morgan fingerprint density at radius 2 is 2.24 bits per heavy atom. The van der Waals surface area contributed by atoms with Gasteiger partial charge in [0.05, 0.1) is 0 Å². The molecule has 1 aromatic rings. The van der Waals surface area contributed by atoms with E-state index in [1.807, 2.05) is 0 Å². The standard InChI is InChI=1S/C13H20N2O2/c1-10(7-8-14)5-6-13(17)15-11-3-2-4-12(16)9-11/h2-4,9-10,16H,5-8,14H2,1H3,(H,15,17). The van der Waals surface area contributed by atoms with Gasteiger partial charge in [-0.15, -0.1) is 0 Å². The van der Waals surface area contributed by atoms with Crippen molar-refractivity contribution in [3.05, 3.63) is 24.3 Å². The van der Waals surface area contributed by atoms with Crippen LogP contribution in [0, 0.1) is 5.92 Å². The minimum absolute atomic E-state index is 0.0283. The molecule has 0 spiro atoms. The number of benzene rings is 1. The Morgan fingerprint density at radius 3 is 2.88 bits per heavy atom. The largest absolute Gasteiger partial charge is 0.508 e. The van der Waals surface area contributed by atoms with Gasteiger partial charge >= 0.3 is 0 Å². The summed E-state index contributed by atoms with van der Waals surface area (Å²) in [6.45, 7) is 2.75. The number of rotatable bonds is 6. The third-order valence-corrected chi connectivity index (χ3v) is 2.65. The number of carbonyl (C=O) groups is 1. The lowest BCUT2D eigenvalue weighted by molar-refractivity contribution is -0.116. The Kier molecular flexibility index (Phi) is 5.49. The van der Waals surface area contributed by atoms with E-state index in [9.17, 15) is 9.90 Å². The van der Waals surface area contributed by atoms with Gasteiger partial charge in [0.1, 0.15) is 5.75 Å². The molecule has 0 aromatic heterocycles.